The van der Waals surface area contributed by atoms with Crippen LogP contribution in [0, 0.1) is 0 Å². The number of ether oxygens (including phenoxy) is 3. The lowest BCUT2D eigenvalue weighted by Crippen LogP contribution is -2.04. The SMILES string of the molecule is COCCOc1ccc(C(=O)C=Cc2csc(-c3cccc(OC)c3)n2)cc1. The zero-order valence-electron chi connectivity index (χ0n) is 15.8. The molecule has 0 aliphatic heterocycles. The predicted octanol–water partition coefficient (Wildman–Crippen LogP) is 4.74. The Morgan fingerprint density at radius 2 is 1.89 bits per heavy atom. The minimum absolute atomic E-state index is 0.0839. The number of carbonyl (C=O) groups excluding carboxylic acids is 1. The van der Waals surface area contributed by atoms with Crippen molar-refractivity contribution in [2.75, 3.05) is 27.4 Å². The van der Waals surface area contributed by atoms with Crippen LogP contribution in [0.4, 0.5) is 0 Å². The van der Waals surface area contributed by atoms with Crippen LogP contribution in [0.3, 0.4) is 0 Å². The molecule has 5 nitrogen and oxygen atoms in total. The summed E-state index contributed by atoms with van der Waals surface area (Å²) < 4.78 is 15.7. The van der Waals surface area contributed by atoms with E-state index in [0.717, 1.165) is 22.0 Å². The molecule has 0 saturated carbocycles. The van der Waals surface area contributed by atoms with Crippen molar-refractivity contribution < 1.29 is 19.0 Å². The number of methoxy groups -OCH3 is 2. The van der Waals surface area contributed by atoms with Crippen molar-refractivity contribution in [1.29, 1.82) is 0 Å². The lowest BCUT2D eigenvalue weighted by Gasteiger charge is -2.05. The summed E-state index contributed by atoms with van der Waals surface area (Å²) in [6.45, 7) is 0.998. The van der Waals surface area contributed by atoms with Gasteiger partial charge in [0, 0.05) is 23.6 Å². The van der Waals surface area contributed by atoms with Crippen molar-refractivity contribution in [3.05, 3.63) is 71.2 Å². The fourth-order valence-electron chi connectivity index (χ4n) is 2.47. The summed E-state index contributed by atoms with van der Waals surface area (Å²) in [5.41, 5.74) is 2.33. The lowest BCUT2D eigenvalue weighted by atomic mass is 10.1. The van der Waals surface area contributed by atoms with Crippen LogP contribution in [-0.4, -0.2) is 38.2 Å². The molecule has 0 atom stereocenters. The molecule has 0 N–H and O–H groups in total. The van der Waals surface area contributed by atoms with E-state index in [1.165, 1.54) is 17.4 Å². The minimum Gasteiger partial charge on any atom is -0.497 e. The molecular weight excluding hydrogens is 374 g/mol. The van der Waals surface area contributed by atoms with Gasteiger partial charge in [-0.1, -0.05) is 12.1 Å². The maximum Gasteiger partial charge on any atom is 0.185 e. The molecule has 144 valence electrons. The molecule has 0 amide bonds. The predicted molar refractivity (Wildman–Crippen MR) is 111 cm³/mol. The number of allylic oxidation sites excluding steroid dienone is 1. The van der Waals surface area contributed by atoms with Crippen LogP contribution in [-0.2, 0) is 4.74 Å². The number of hydrogen-bond acceptors (Lipinski definition) is 6. The molecule has 0 aliphatic rings. The Balaban J connectivity index is 1.63. The van der Waals surface area contributed by atoms with Crippen molar-refractivity contribution in [3.8, 4) is 22.1 Å². The van der Waals surface area contributed by atoms with Gasteiger partial charge in [0.2, 0.25) is 0 Å². The standard InChI is InChI=1S/C22H21NO4S/c1-25-12-13-27-19-9-6-16(7-10-19)21(24)11-8-18-15-28-22(23-18)17-4-3-5-20(14-17)26-2/h3-11,14-15H,12-13H2,1-2H3. The molecule has 0 fully saturated rings. The zero-order valence-corrected chi connectivity index (χ0v) is 16.6. The highest BCUT2D eigenvalue weighted by Gasteiger charge is 2.06. The molecule has 28 heavy (non-hydrogen) atoms. The van der Waals surface area contributed by atoms with Gasteiger partial charge < -0.3 is 14.2 Å². The van der Waals surface area contributed by atoms with Crippen molar-refractivity contribution in [1.82, 2.24) is 4.98 Å². The number of nitrogens with zero attached hydrogens (tertiary/aromatic N) is 1. The minimum atomic E-state index is -0.0839. The first-order chi connectivity index (χ1) is 13.7. The highest BCUT2D eigenvalue weighted by Crippen LogP contribution is 2.27. The van der Waals surface area contributed by atoms with E-state index in [-0.39, 0.29) is 5.78 Å². The van der Waals surface area contributed by atoms with Gasteiger partial charge in [-0.05, 0) is 48.6 Å². The van der Waals surface area contributed by atoms with E-state index < -0.39 is 0 Å². The quantitative estimate of drug-likeness (QED) is 0.298. The largest absolute Gasteiger partial charge is 0.497 e. The molecule has 3 aromatic rings. The van der Waals surface area contributed by atoms with Gasteiger partial charge >= 0.3 is 0 Å². The smallest absolute Gasteiger partial charge is 0.185 e. The van der Waals surface area contributed by atoms with Crippen molar-refractivity contribution in [3.63, 3.8) is 0 Å². The summed E-state index contributed by atoms with van der Waals surface area (Å²) in [6, 6.07) is 14.8. The number of aromatic nitrogens is 1. The second kappa shape index (κ2) is 9.82. The summed E-state index contributed by atoms with van der Waals surface area (Å²) in [6.07, 6.45) is 3.26. The first kappa shape index (κ1) is 19.8. The van der Waals surface area contributed by atoms with E-state index in [4.69, 9.17) is 14.2 Å². The first-order valence-electron chi connectivity index (χ1n) is 8.74. The van der Waals surface area contributed by atoms with Gasteiger partial charge in [-0.15, -0.1) is 11.3 Å². The fourth-order valence-corrected chi connectivity index (χ4v) is 3.25. The van der Waals surface area contributed by atoms with Crippen LogP contribution >= 0.6 is 11.3 Å². The summed E-state index contributed by atoms with van der Waals surface area (Å²) in [7, 11) is 3.26. The second-order valence-electron chi connectivity index (χ2n) is 5.87. The molecular formula is C22H21NO4S. The number of carbonyl (C=O) groups is 1. The lowest BCUT2D eigenvalue weighted by molar-refractivity contribution is 0.104. The van der Waals surface area contributed by atoms with Crippen LogP contribution < -0.4 is 9.47 Å². The van der Waals surface area contributed by atoms with Crippen LogP contribution in [0.5, 0.6) is 11.5 Å². The molecule has 3 rings (SSSR count). The summed E-state index contributed by atoms with van der Waals surface area (Å²) in [5, 5.41) is 2.80. The number of hydrogen-bond donors (Lipinski definition) is 0. The highest BCUT2D eigenvalue weighted by molar-refractivity contribution is 7.13. The third-order valence-electron chi connectivity index (χ3n) is 3.94. The summed E-state index contributed by atoms with van der Waals surface area (Å²) >= 11 is 1.52. The Morgan fingerprint density at radius 1 is 1.07 bits per heavy atom. The van der Waals surface area contributed by atoms with Crippen LogP contribution in [0.25, 0.3) is 16.6 Å². The summed E-state index contributed by atoms with van der Waals surface area (Å²) in [4.78, 5) is 16.9. The van der Waals surface area contributed by atoms with Gasteiger partial charge in [0.25, 0.3) is 0 Å². The molecule has 0 spiro atoms. The number of benzene rings is 2. The van der Waals surface area contributed by atoms with E-state index in [1.54, 1.807) is 44.6 Å². The maximum atomic E-state index is 12.4. The molecule has 2 aromatic carbocycles. The van der Waals surface area contributed by atoms with Crippen LogP contribution in [0.2, 0.25) is 0 Å². The van der Waals surface area contributed by atoms with Crippen LogP contribution in [0.15, 0.2) is 60.0 Å². The molecule has 1 heterocycles. The van der Waals surface area contributed by atoms with Gasteiger partial charge in [0.15, 0.2) is 5.78 Å². The Bertz CT molecular complexity index is 947. The van der Waals surface area contributed by atoms with E-state index in [0.29, 0.717) is 24.5 Å². The molecule has 0 saturated heterocycles. The van der Waals surface area contributed by atoms with Gasteiger partial charge in [-0.3, -0.25) is 4.79 Å². The van der Waals surface area contributed by atoms with Crippen LogP contribution in [0.1, 0.15) is 16.1 Å². The third kappa shape index (κ3) is 5.28. The molecule has 0 radical (unpaired) electrons. The Labute approximate surface area is 168 Å². The van der Waals surface area contributed by atoms with Gasteiger partial charge in [-0.25, -0.2) is 4.98 Å². The van der Waals surface area contributed by atoms with E-state index >= 15 is 0 Å². The Morgan fingerprint density at radius 3 is 2.64 bits per heavy atom. The van der Waals surface area contributed by atoms with E-state index in [1.807, 2.05) is 29.6 Å². The van der Waals surface area contributed by atoms with Gasteiger partial charge in [0.1, 0.15) is 23.1 Å². The number of ketones is 1. The average Bonchev–Trinajstić information content (AvgIpc) is 3.22. The maximum absolute atomic E-state index is 12.4. The molecule has 6 heteroatoms. The van der Waals surface area contributed by atoms with E-state index in [2.05, 4.69) is 4.98 Å². The third-order valence-corrected chi connectivity index (χ3v) is 4.85. The highest BCUT2D eigenvalue weighted by atomic mass is 32.1. The normalized spacial score (nSPS) is 10.9. The van der Waals surface area contributed by atoms with Crippen molar-refractivity contribution in [2.45, 2.75) is 0 Å². The Hall–Kier alpha value is -2.96. The fraction of sp³-hybridized carbons (Fsp3) is 0.182. The van der Waals surface area contributed by atoms with E-state index in [9.17, 15) is 4.79 Å². The van der Waals surface area contributed by atoms with Gasteiger partial charge in [-0.2, -0.15) is 0 Å². The van der Waals surface area contributed by atoms with Crippen molar-refractivity contribution in [2.24, 2.45) is 0 Å². The Kier molecular flexibility index (Phi) is 6.94. The monoisotopic (exact) mass is 395 g/mol. The first-order valence-corrected chi connectivity index (χ1v) is 9.62. The van der Waals surface area contributed by atoms with Gasteiger partial charge in [0.05, 0.1) is 19.4 Å². The average molecular weight is 395 g/mol. The van der Waals surface area contributed by atoms with Crippen molar-refractivity contribution >= 4 is 23.2 Å². The molecule has 0 aliphatic carbocycles. The number of rotatable bonds is 9. The topological polar surface area (TPSA) is 57.7 Å². The zero-order chi connectivity index (χ0) is 19.8. The second-order valence-corrected chi connectivity index (χ2v) is 6.73. The molecule has 1 aromatic heterocycles. The number of thiazole rings is 1. The summed E-state index contributed by atoms with van der Waals surface area (Å²) in [5.74, 6) is 1.41. The molecule has 0 unspecified atom stereocenters. The molecule has 0 bridgehead atoms.